The summed E-state index contributed by atoms with van der Waals surface area (Å²) in [6.45, 7) is 1.49. The van der Waals surface area contributed by atoms with Gasteiger partial charge in [-0.3, -0.25) is 19.7 Å². The molecule has 0 bridgehead atoms. The van der Waals surface area contributed by atoms with Crippen LogP contribution in [0.15, 0.2) is 23.1 Å². The summed E-state index contributed by atoms with van der Waals surface area (Å²) in [6.07, 6.45) is 3.44. The first-order valence-electron chi connectivity index (χ1n) is 8.89. The zero-order valence-electron chi connectivity index (χ0n) is 14.9. The molecule has 2 aromatic rings. The van der Waals surface area contributed by atoms with Crippen LogP contribution in [-0.4, -0.2) is 45.5 Å². The first-order valence-corrected chi connectivity index (χ1v) is 9.70. The number of fused-ring (bicyclic) bond motifs is 1. The lowest BCUT2D eigenvalue weighted by atomic mass is 10.1. The van der Waals surface area contributed by atoms with Crippen LogP contribution in [0, 0.1) is 0 Å². The first-order chi connectivity index (χ1) is 13.0. The van der Waals surface area contributed by atoms with Gasteiger partial charge in [-0.25, -0.2) is 4.98 Å². The molecule has 4 rings (SSSR count). The fourth-order valence-corrected chi connectivity index (χ4v) is 4.35. The highest BCUT2D eigenvalue weighted by atomic mass is 32.1. The van der Waals surface area contributed by atoms with Crippen molar-refractivity contribution >= 4 is 28.3 Å². The molecule has 2 aliphatic heterocycles. The van der Waals surface area contributed by atoms with Crippen molar-refractivity contribution in [3.05, 3.63) is 44.8 Å². The third-order valence-corrected chi connectivity index (χ3v) is 5.82. The zero-order valence-corrected chi connectivity index (χ0v) is 15.8. The fraction of sp³-hybridized carbons (Fsp3) is 0.444. The molecule has 0 saturated carbocycles. The Labute approximate surface area is 159 Å². The van der Waals surface area contributed by atoms with E-state index in [0.29, 0.717) is 31.2 Å². The number of hydrogen-bond acceptors (Lipinski definition) is 6. The number of rotatable bonds is 3. The van der Waals surface area contributed by atoms with Gasteiger partial charge in [0.1, 0.15) is 11.7 Å². The van der Waals surface area contributed by atoms with Gasteiger partial charge in [0.15, 0.2) is 5.13 Å². The van der Waals surface area contributed by atoms with Crippen LogP contribution in [0.5, 0.6) is 0 Å². The molecule has 1 saturated heterocycles. The largest absolute Gasteiger partial charge is 0.368 e. The number of aryl methyl sites for hydroxylation is 1. The highest BCUT2D eigenvalue weighted by Gasteiger charge is 2.28. The molecule has 9 heteroatoms. The molecule has 0 aliphatic carbocycles. The van der Waals surface area contributed by atoms with E-state index in [1.165, 1.54) is 15.9 Å². The summed E-state index contributed by atoms with van der Waals surface area (Å²) in [5.74, 6) is -0.445. The Bertz CT molecular complexity index is 945. The topological polar surface area (TPSA) is 93.5 Å². The van der Waals surface area contributed by atoms with Crippen LogP contribution in [0.2, 0.25) is 0 Å². The number of amides is 2. The quantitative estimate of drug-likeness (QED) is 0.852. The molecule has 0 radical (unpaired) electrons. The minimum absolute atomic E-state index is 0.167. The number of aromatic nitrogens is 2. The maximum Gasteiger partial charge on any atom is 0.263 e. The summed E-state index contributed by atoms with van der Waals surface area (Å²) in [7, 11) is 1.62. The molecule has 2 aromatic heterocycles. The normalized spacial score (nSPS) is 19.0. The van der Waals surface area contributed by atoms with Gasteiger partial charge in [-0.2, -0.15) is 0 Å². The average molecular weight is 388 g/mol. The summed E-state index contributed by atoms with van der Waals surface area (Å²) in [5.41, 5.74) is 0.759. The highest BCUT2D eigenvalue weighted by Crippen LogP contribution is 2.29. The zero-order chi connectivity index (χ0) is 19.0. The minimum Gasteiger partial charge on any atom is -0.368 e. The van der Waals surface area contributed by atoms with Crippen molar-refractivity contribution in [3.8, 4) is 0 Å². The molecule has 0 spiro atoms. The van der Waals surface area contributed by atoms with Crippen LogP contribution in [0.1, 0.15) is 33.8 Å². The van der Waals surface area contributed by atoms with E-state index in [2.05, 4.69) is 10.3 Å². The number of hydrogen-bond donors (Lipinski definition) is 1. The first kappa shape index (κ1) is 17.9. The lowest BCUT2D eigenvalue weighted by molar-refractivity contribution is -0.124. The maximum atomic E-state index is 12.8. The number of anilines is 1. The number of carbonyl (C=O) groups is 2. The number of nitrogens with zero attached hydrogens (tertiary/aromatic N) is 3. The van der Waals surface area contributed by atoms with E-state index in [9.17, 15) is 14.4 Å². The van der Waals surface area contributed by atoms with Crippen molar-refractivity contribution in [1.82, 2.24) is 14.5 Å². The Morgan fingerprint density at radius 3 is 3.04 bits per heavy atom. The number of ether oxygens (including phenoxy) is 1. The maximum absolute atomic E-state index is 12.8. The standard InChI is InChI=1S/C18H20N4O4S/c1-21-7-2-4-11(16(21)24)17(25)22-8-6-12-14(10-22)27-18(19-12)20-15(23)13-5-3-9-26-13/h2,4,7,13H,3,5-6,8-10H2,1H3,(H,19,20,23). The average Bonchev–Trinajstić information content (AvgIpc) is 3.32. The van der Waals surface area contributed by atoms with Crippen LogP contribution in [0.3, 0.4) is 0 Å². The predicted molar refractivity (Wildman–Crippen MR) is 99.8 cm³/mol. The van der Waals surface area contributed by atoms with E-state index in [0.717, 1.165) is 23.4 Å². The minimum atomic E-state index is -0.404. The van der Waals surface area contributed by atoms with E-state index in [4.69, 9.17) is 4.74 Å². The van der Waals surface area contributed by atoms with E-state index in [-0.39, 0.29) is 22.9 Å². The van der Waals surface area contributed by atoms with E-state index in [1.54, 1.807) is 30.3 Å². The van der Waals surface area contributed by atoms with Crippen molar-refractivity contribution in [2.24, 2.45) is 7.05 Å². The van der Waals surface area contributed by atoms with Crippen LogP contribution in [0.25, 0.3) is 0 Å². The highest BCUT2D eigenvalue weighted by molar-refractivity contribution is 7.15. The Morgan fingerprint density at radius 1 is 1.41 bits per heavy atom. The summed E-state index contributed by atoms with van der Waals surface area (Å²) in [5, 5.41) is 3.35. The molecule has 1 atom stereocenters. The van der Waals surface area contributed by atoms with Gasteiger partial charge in [0.05, 0.1) is 12.2 Å². The van der Waals surface area contributed by atoms with Gasteiger partial charge in [-0.05, 0) is 25.0 Å². The van der Waals surface area contributed by atoms with Crippen LogP contribution in [0.4, 0.5) is 5.13 Å². The third-order valence-electron chi connectivity index (χ3n) is 4.82. The Morgan fingerprint density at radius 2 is 2.26 bits per heavy atom. The molecule has 27 heavy (non-hydrogen) atoms. The summed E-state index contributed by atoms with van der Waals surface area (Å²) in [6, 6.07) is 3.25. The van der Waals surface area contributed by atoms with Crippen LogP contribution in [-0.2, 0) is 29.5 Å². The molecular weight excluding hydrogens is 368 g/mol. The summed E-state index contributed by atoms with van der Waals surface area (Å²) >= 11 is 1.37. The summed E-state index contributed by atoms with van der Waals surface area (Å²) < 4.78 is 6.78. The Balaban J connectivity index is 1.47. The molecule has 1 unspecified atom stereocenters. The fourth-order valence-electron chi connectivity index (χ4n) is 3.32. The lowest BCUT2D eigenvalue weighted by Gasteiger charge is -2.25. The molecule has 0 aromatic carbocycles. The molecule has 4 heterocycles. The van der Waals surface area contributed by atoms with Crippen molar-refractivity contribution in [2.75, 3.05) is 18.5 Å². The van der Waals surface area contributed by atoms with Crippen molar-refractivity contribution in [1.29, 1.82) is 0 Å². The Hall–Kier alpha value is -2.52. The van der Waals surface area contributed by atoms with E-state index < -0.39 is 6.10 Å². The molecule has 1 N–H and O–H groups in total. The third kappa shape index (κ3) is 3.52. The smallest absolute Gasteiger partial charge is 0.263 e. The molecule has 8 nitrogen and oxygen atoms in total. The van der Waals surface area contributed by atoms with Crippen molar-refractivity contribution < 1.29 is 14.3 Å². The van der Waals surface area contributed by atoms with E-state index in [1.807, 2.05) is 0 Å². The van der Waals surface area contributed by atoms with Gasteiger partial charge in [0, 0.05) is 37.7 Å². The van der Waals surface area contributed by atoms with Crippen molar-refractivity contribution in [2.45, 2.75) is 31.9 Å². The Kier molecular flexibility index (Phi) is 4.79. The van der Waals surface area contributed by atoms with Gasteiger partial charge in [-0.15, -0.1) is 0 Å². The molecular formula is C18H20N4O4S. The molecule has 1 fully saturated rings. The van der Waals surface area contributed by atoms with Gasteiger partial charge in [0.2, 0.25) is 0 Å². The van der Waals surface area contributed by atoms with Crippen molar-refractivity contribution in [3.63, 3.8) is 0 Å². The van der Waals surface area contributed by atoms with Gasteiger partial charge in [-0.1, -0.05) is 11.3 Å². The second-order valence-corrected chi connectivity index (χ2v) is 7.78. The van der Waals surface area contributed by atoms with Crippen LogP contribution < -0.4 is 10.9 Å². The summed E-state index contributed by atoms with van der Waals surface area (Å²) in [4.78, 5) is 44.2. The number of pyridine rings is 1. The second kappa shape index (κ2) is 7.24. The van der Waals surface area contributed by atoms with Gasteiger partial charge in [0.25, 0.3) is 17.4 Å². The number of nitrogens with one attached hydrogen (secondary N) is 1. The van der Waals surface area contributed by atoms with E-state index >= 15 is 0 Å². The number of thiazole rings is 1. The van der Waals surface area contributed by atoms with Gasteiger partial charge < -0.3 is 14.2 Å². The van der Waals surface area contributed by atoms with Gasteiger partial charge >= 0.3 is 0 Å². The van der Waals surface area contributed by atoms with Crippen LogP contribution >= 0.6 is 11.3 Å². The predicted octanol–water partition coefficient (Wildman–Crippen LogP) is 1.16. The molecule has 2 aliphatic rings. The number of carbonyl (C=O) groups excluding carboxylic acids is 2. The second-order valence-electron chi connectivity index (χ2n) is 6.69. The lowest BCUT2D eigenvalue weighted by Crippen LogP contribution is -2.39. The molecule has 142 valence electrons. The monoisotopic (exact) mass is 388 g/mol. The SMILES string of the molecule is Cn1cccc(C(=O)N2CCc3nc(NC(=O)C4CCCO4)sc3C2)c1=O. The molecule has 2 amide bonds.